The van der Waals surface area contributed by atoms with Gasteiger partial charge in [0.2, 0.25) is 5.91 Å². The van der Waals surface area contributed by atoms with Gasteiger partial charge in [-0.25, -0.2) is 8.78 Å². The van der Waals surface area contributed by atoms with Crippen LogP contribution in [0.1, 0.15) is 43.5 Å². The number of halogens is 2. The lowest BCUT2D eigenvalue weighted by Gasteiger charge is -2.37. The molecule has 1 aliphatic carbocycles. The van der Waals surface area contributed by atoms with Crippen LogP contribution < -0.4 is 10.6 Å². The van der Waals surface area contributed by atoms with Gasteiger partial charge in [0.1, 0.15) is 23.2 Å². The molecule has 0 saturated heterocycles. The fraction of sp³-hybridized carbons (Fsp3) is 0.529. The van der Waals surface area contributed by atoms with Crippen LogP contribution >= 0.6 is 0 Å². The lowest BCUT2D eigenvalue weighted by molar-refractivity contribution is -0.126. The fourth-order valence-electron chi connectivity index (χ4n) is 2.59. The van der Waals surface area contributed by atoms with Gasteiger partial charge in [0.25, 0.3) is 5.91 Å². The van der Waals surface area contributed by atoms with E-state index in [0.717, 1.165) is 24.6 Å². The second-order valence-corrected chi connectivity index (χ2v) is 6.59. The Morgan fingerprint density at radius 1 is 1.25 bits per heavy atom. The summed E-state index contributed by atoms with van der Waals surface area (Å²) >= 11 is 0. The molecule has 3 N–H and O–H groups in total. The molecule has 1 aromatic carbocycles. The molecule has 0 bridgehead atoms. The SMILES string of the molecule is CC(C)C(NC(=O)c1c(F)cccc1F)C(=O)NCC1(O)CCC1. The number of benzene rings is 1. The number of carbonyl (C=O) groups is 2. The number of nitrogens with one attached hydrogen (secondary N) is 2. The highest BCUT2D eigenvalue weighted by Crippen LogP contribution is 2.30. The van der Waals surface area contributed by atoms with Crippen LogP contribution in [0.25, 0.3) is 0 Å². The molecule has 7 heteroatoms. The van der Waals surface area contributed by atoms with E-state index in [1.54, 1.807) is 13.8 Å². The van der Waals surface area contributed by atoms with Gasteiger partial charge >= 0.3 is 0 Å². The van der Waals surface area contributed by atoms with E-state index in [2.05, 4.69) is 10.6 Å². The topological polar surface area (TPSA) is 78.4 Å². The average Bonchev–Trinajstić information content (AvgIpc) is 2.48. The summed E-state index contributed by atoms with van der Waals surface area (Å²) in [4.78, 5) is 24.4. The number of hydrogen-bond donors (Lipinski definition) is 3. The monoisotopic (exact) mass is 340 g/mol. The summed E-state index contributed by atoms with van der Waals surface area (Å²) in [6.45, 7) is 3.51. The predicted molar refractivity (Wildman–Crippen MR) is 84.3 cm³/mol. The average molecular weight is 340 g/mol. The van der Waals surface area contributed by atoms with Gasteiger partial charge < -0.3 is 15.7 Å². The van der Waals surface area contributed by atoms with Crippen LogP contribution in [0.3, 0.4) is 0 Å². The highest BCUT2D eigenvalue weighted by atomic mass is 19.1. The Hall–Kier alpha value is -2.02. The standard InChI is InChI=1S/C17H22F2N2O3/c1-10(2)14(16(23)20-9-17(24)7-4-8-17)21-15(22)13-11(18)5-3-6-12(13)19/h3,5-6,10,14,24H,4,7-9H2,1-2H3,(H,20,23)(H,21,22). The van der Waals surface area contributed by atoms with Crippen LogP contribution in [0, 0.1) is 17.6 Å². The zero-order valence-corrected chi connectivity index (χ0v) is 13.7. The van der Waals surface area contributed by atoms with Crippen molar-refractivity contribution in [3.63, 3.8) is 0 Å². The lowest BCUT2D eigenvalue weighted by atomic mass is 9.80. The maximum Gasteiger partial charge on any atom is 0.257 e. The molecule has 1 aromatic rings. The Morgan fingerprint density at radius 3 is 2.29 bits per heavy atom. The number of carbonyl (C=O) groups excluding carboxylic acids is 2. The molecule has 0 spiro atoms. The Balaban J connectivity index is 2.04. The van der Waals surface area contributed by atoms with Crippen molar-refractivity contribution in [2.45, 2.75) is 44.8 Å². The van der Waals surface area contributed by atoms with Crippen LogP contribution in [0.5, 0.6) is 0 Å². The second kappa shape index (κ2) is 7.25. The van der Waals surface area contributed by atoms with Crippen LogP contribution in [0.15, 0.2) is 18.2 Å². The van der Waals surface area contributed by atoms with Crippen molar-refractivity contribution in [2.24, 2.45) is 5.92 Å². The molecule has 0 aliphatic heterocycles. The van der Waals surface area contributed by atoms with Crippen molar-refractivity contribution >= 4 is 11.8 Å². The van der Waals surface area contributed by atoms with Gasteiger partial charge in [-0.2, -0.15) is 0 Å². The van der Waals surface area contributed by atoms with Crippen molar-refractivity contribution in [2.75, 3.05) is 6.54 Å². The van der Waals surface area contributed by atoms with Crippen molar-refractivity contribution in [1.82, 2.24) is 10.6 Å². The maximum atomic E-state index is 13.7. The van der Waals surface area contributed by atoms with Crippen LogP contribution in [-0.2, 0) is 4.79 Å². The molecule has 24 heavy (non-hydrogen) atoms. The molecule has 0 aromatic heterocycles. The lowest BCUT2D eigenvalue weighted by Crippen LogP contribution is -2.54. The molecule has 1 unspecified atom stereocenters. The van der Waals surface area contributed by atoms with E-state index in [4.69, 9.17) is 0 Å². The van der Waals surface area contributed by atoms with Gasteiger partial charge in [-0.1, -0.05) is 19.9 Å². The summed E-state index contributed by atoms with van der Waals surface area (Å²) in [6.07, 6.45) is 2.14. The number of amides is 2. The van der Waals surface area contributed by atoms with Crippen LogP contribution in [0.4, 0.5) is 8.78 Å². The molecule has 1 saturated carbocycles. The van der Waals surface area contributed by atoms with E-state index < -0.39 is 40.7 Å². The Morgan fingerprint density at radius 2 is 1.83 bits per heavy atom. The molecule has 1 atom stereocenters. The van der Waals surface area contributed by atoms with E-state index in [0.29, 0.717) is 12.8 Å². The number of hydrogen-bond acceptors (Lipinski definition) is 3. The molecular formula is C17H22F2N2O3. The van der Waals surface area contributed by atoms with Gasteiger partial charge in [-0.05, 0) is 37.3 Å². The molecular weight excluding hydrogens is 318 g/mol. The van der Waals surface area contributed by atoms with Crippen LogP contribution in [0.2, 0.25) is 0 Å². The second-order valence-electron chi connectivity index (χ2n) is 6.59. The summed E-state index contributed by atoms with van der Waals surface area (Å²) in [7, 11) is 0. The zero-order chi connectivity index (χ0) is 17.9. The predicted octanol–water partition coefficient (Wildman–Crippen LogP) is 1.75. The van der Waals surface area contributed by atoms with Gasteiger partial charge in [-0.3, -0.25) is 9.59 Å². The highest BCUT2D eigenvalue weighted by Gasteiger charge is 2.36. The summed E-state index contributed by atoms with van der Waals surface area (Å²) < 4.78 is 27.4. The molecule has 0 heterocycles. The van der Waals surface area contributed by atoms with Crippen molar-refractivity contribution in [3.05, 3.63) is 35.4 Å². The first-order valence-corrected chi connectivity index (χ1v) is 7.98. The van der Waals surface area contributed by atoms with Crippen LogP contribution in [-0.4, -0.2) is 35.1 Å². The van der Waals surface area contributed by atoms with Gasteiger partial charge in [0, 0.05) is 6.54 Å². The zero-order valence-electron chi connectivity index (χ0n) is 13.7. The van der Waals surface area contributed by atoms with Gasteiger partial charge in [-0.15, -0.1) is 0 Å². The molecule has 2 rings (SSSR count). The minimum atomic E-state index is -0.987. The van der Waals surface area contributed by atoms with E-state index in [1.807, 2.05) is 0 Å². The van der Waals surface area contributed by atoms with Crippen molar-refractivity contribution in [1.29, 1.82) is 0 Å². The smallest absolute Gasteiger partial charge is 0.257 e. The molecule has 1 fully saturated rings. The summed E-state index contributed by atoms with van der Waals surface area (Å²) in [5.41, 5.74) is -1.60. The minimum absolute atomic E-state index is 0.0962. The summed E-state index contributed by atoms with van der Waals surface area (Å²) in [5.74, 6) is -3.74. The minimum Gasteiger partial charge on any atom is -0.388 e. The fourth-order valence-corrected chi connectivity index (χ4v) is 2.59. The maximum absolute atomic E-state index is 13.7. The third-order valence-electron chi connectivity index (χ3n) is 4.30. The molecule has 1 aliphatic rings. The summed E-state index contributed by atoms with van der Waals surface area (Å²) in [5, 5.41) is 15.0. The van der Waals surface area contributed by atoms with E-state index >= 15 is 0 Å². The third-order valence-corrected chi connectivity index (χ3v) is 4.30. The molecule has 0 radical (unpaired) electrons. The first kappa shape index (κ1) is 18.3. The van der Waals surface area contributed by atoms with Gasteiger partial charge in [0.15, 0.2) is 0 Å². The normalized spacial score (nSPS) is 17.1. The first-order chi connectivity index (χ1) is 11.2. The first-order valence-electron chi connectivity index (χ1n) is 7.98. The van der Waals surface area contributed by atoms with E-state index in [-0.39, 0.29) is 12.5 Å². The third kappa shape index (κ3) is 4.08. The largest absolute Gasteiger partial charge is 0.388 e. The Bertz CT molecular complexity index is 610. The van der Waals surface area contributed by atoms with Crippen molar-refractivity contribution in [3.8, 4) is 0 Å². The van der Waals surface area contributed by atoms with Gasteiger partial charge in [0.05, 0.1) is 5.60 Å². The van der Waals surface area contributed by atoms with Crippen molar-refractivity contribution < 1.29 is 23.5 Å². The quantitative estimate of drug-likeness (QED) is 0.738. The number of rotatable bonds is 6. The van der Waals surface area contributed by atoms with E-state index in [1.165, 1.54) is 0 Å². The molecule has 132 valence electrons. The number of aliphatic hydroxyl groups is 1. The molecule has 2 amide bonds. The molecule has 5 nitrogen and oxygen atoms in total. The Kier molecular flexibility index (Phi) is 5.54. The Labute approximate surface area is 139 Å². The highest BCUT2D eigenvalue weighted by molar-refractivity contribution is 5.98. The summed E-state index contributed by atoms with van der Waals surface area (Å²) in [6, 6.07) is 2.16. The van der Waals surface area contributed by atoms with E-state index in [9.17, 15) is 23.5 Å².